The van der Waals surface area contributed by atoms with Gasteiger partial charge in [-0.1, -0.05) is 35.0 Å². The topological polar surface area (TPSA) is 32.6 Å². The first-order valence-electron chi connectivity index (χ1n) is 3.31. The number of oxime groups is 1. The van der Waals surface area contributed by atoms with Gasteiger partial charge in [0.15, 0.2) is 0 Å². The molecule has 0 aromatic heterocycles. The van der Waals surface area contributed by atoms with E-state index >= 15 is 0 Å². The summed E-state index contributed by atoms with van der Waals surface area (Å²) >= 11 is 11.4. The summed E-state index contributed by atoms with van der Waals surface area (Å²) in [5.41, 5.74) is 1.04. The molecule has 1 aromatic rings. The van der Waals surface area contributed by atoms with Crippen molar-refractivity contribution in [3.8, 4) is 0 Å². The zero-order valence-corrected chi connectivity index (χ0v) is 7.68. The Kier molecular flexibility index (Phi) is 3.38. The van der Waals surface area contributed by atoms with Crippen LogP contribution in [0.1, 0.15) is 5.56 Å². The Balaban J connectivity index is 3.10. The monoisotopic (exact) mass is 203 g/mol. The van der Waals surface area contributed by atoms with Crippen molar-refractivity contribution in [1.82, 2.24) is 0 Å². The van der Waals surface area contributed by atoms with E-state index in [9.17, 15) is 0 Å². The quantitative estimate of drug-likeness (QED) is 0.341. The van der Waals surface area contributed by atoms with Gasteiger partial charge in [-0.05, 0) is 6.07 Å². The molecule has 0 amide bonds. The lowest BCUT2D eigenvalue weighted by molar-refractivity contribution is 0.319. The molecule has 0 saturated heterocycles. The zero-order valence-electron chi connectivity index (χ0n) is 6.17. The van der Waals surface area contributed by atoms with Gasteiger partial charge in [-0.25, -0.2) is 0 Å². The molecule has 0 bridgehead atoms. The fourth-order valence-electron chi connectivity index (χ4n) is 0.848. The normalized spacial score (nSPS) is 11.7. The minimum Gasteiger partial charge on any atom is -0.411 e. The van der Waals surface area contributed by atoms with E-state index in [1.807, 2.05) is 0 Å². The minimum absolute atomic E-state index is 0.139. The molecule has 0 unspecified atom stereocenters. The van der Waals surface area contributed by atoms with E-state index in [2.05, 4.69) is 5.16 Å². The number of halogens is 2. The number of rotatable bonds is 2. The van der Waals surface area contributed by atoms with Crippen LogP contribution in [-0.4, -0.2) is 16.8 Å². The number of alkyl halides is 1. The molecule has 1 aromatic carbocycles. The van der Waals surface area contributed by atoms with Crippen LogP contribution in [0.25, 0.3) is 0 Å². The third-order valence-electron chi connectivity index (χ3n) is 1.43. The Bertz CT molecular complexity index is 299. The Labute approximate surface area is 80.4 Å². The molecule has 0 spiro atoms. The van der Waals surface area contributed by atoms with Crippen LogP contribution < -0.4 is 0 Å². The summed E-state index contributed by atoms with van der Waals surface area (Å²) in [6.07, 6.45) is 0. The van der Waals surface area contributed by atoms with Gasteiger partial charge in [0, 0.05) is 10.6 Å². The van der Waals surface area contributed by atoms with Crippen LogP contribution in [0.4, 0.5) is 0 Å². The van der Waals surface area contributed by atoms with Crippen molar-refractivity contribution in [3.63, 3.8) is 0 Å². The first kappa shape index (κ1) is 9.36. The van der Waals surface area contributed by atoms with Crippen LogP contribution in [0.3, 0.4) is 0 Å². The molecular formula is C8H7Cl2NO. The fraction of sp³-hybridized carbons (Fsp3) is 0.125. The van der Waals surface area contributed by atoms with Crippen molar-refractivity contribution < 1.29 is 5.21 Å². The van der Waals surface area contributed by atoms with Crippen molar-refractivity contribution in [3.05, 3.63) is 34.9 Å². The van der Waals surface area contributed by atoms with Crippen molar-refractivity contribution >= 4 is 28.9 Å². The van der Waals surface area contributed by atoms with Crippen molar-refractivity contribution in [1.29, 1.82) is 0 Å². The maximum Gasteiger partial charge on any atom is 0.103 e. The van der Waals surface area contributed by atoms with Crippen LogP contribution in [-0.2, 0) is 0 Å². The third-order valence-corrected chi connectivity index (χ3v) is 2.01. The highest BCUT2D eigenvalue weighted by Gasteiger charge is 2.05. The van der Waals surface area contributed by atoms with E-state index in [1.54, 1.807) is 24.3 Å². The molecule has 2 nitrogen and oxygen atoms in total. The second-order valence-electron chi connectivity index (χ2n) is 2.16. The van der Waals surface area contributed by atoms with E-state index in [0.717, 1.165) is 0 Å². The first-order valence-corrected chi connectivity index (χ1v) is 4.22. The van der Waals surface area contributed by atoms with E-state index in [0.29, 0.717) is 16.3 Å². The van der Waals surface area contributed by atoms with E-state index in [4.69, 9.17) is 28.4 Å². The van der Waals surface area contributed by atoms with Crippen LogP contribution >= 0.6 is 23.2 Å². The molecule has 64 valence electrons. The number of nitrogens with zero attached hydrogens (tertiary/aromatic N) is 1. The van der Waals surface area contributed by atoms with E-state index < -0.39 is 0 Å². The first-order chi connectivity index (χ1) is 5.79. The largest absolute Gasteiger partial charge is 0.411 e. The average molecular weight is 204 g/mol. The summed E-state index contributed by atoms with van der Waals surface area (Å²) < 4.78 is 0. The lowest BCUT2D eigenvalue weighted by Crippen LogP contribution is -2.02. The second-order valence-corrected chi connectivity index (χ2v) is 2.83. The van der Waals surface area contributed by atoms with Crippen LogP contribution in [0.15, 0.2) is 29.4 Å². The van der Waals surface area contributed by atoms with Crippen molar-refractivity contribution in [2.75, 3.05) is 5.88 Å². The predicted molar refractivity (Wildman–Crippen MR) is 50.5 cm³/mol. The van der Waals surface area contributed by atoms with Gasteiger partial charge in [-0.3, -0.25) is 0 Å². The van der Waals surface area contributed by atoms with Gasteiger partial charge in [0.05, 0.1) is 5.88 Å². The predicted octanol–water partition coefficient (Wildman–Crippen LogP) is 2.76. The van der Waals surface area contributed by atoms with Crippen molar-refractivity contribution in [2.45, 2.75) is 0 Å². The third kappa shape index (κ3) is 1.90. The summed E-state index contributed by atoms with van der Waals surface area (Å²) in [6.45, 7) is 0. The minimum atomic E-state index is 0.139. The summed E-state index contributed by atoms with van der Waals surface area (Å²) in [6, 6.07) is 7.07. The number of benzene rings is 1. The summed E-state index contributed by atoms with van der Waals surface area (Å²) in [4.78, 5) is 0. The maximum absolute atomic E-state index is 8.55. The molecule has 0 aliphatic rings. The second kappa shape index (κ2) is 4.33. The number of hydrogen-bond donors (Lipinski definition) is 1. The highest BCUT2D eigenvalue weighted by Crippen LogP contribution is 2.16. The lowest BCUT2D eigenvalue weighted by Gasteiger charge is -2.01. The zero-order chi connectivity index (χ0) is 8.97. The highest BCUT2D eigenvalue weighted by molar-refractivity contribution is 6.38. The average Bonchev–Trinajstić information content (AvgIpc) is 2.10. The van der Waals surface area contributed by atoms with E-state index in [1.165, 1.54) is 0 Å². The smallest absolute Gasteiger partial charge is 0.103 e. The van der Waals surface area contributed by atoms with Gasteiger partial charge < -0.3 is 5.21 Å². The molecule has 0 radical (unpaired) electrons. The fourth-order valence-corrected chi connectivity index (χ4v) is 1.29. The summed E-state index contributed by atoms with van der Waals surface area (Å²) in [7, 11) is 0. The molecule has 0 aliphatic carbocycles. The highest BCUT2D eigenvalue weighted by atomic mass is 35.5. The SMILES string of the molecule is O/N=C(\CCl)c1ccccc1Cl. The summed E-state index contributed by atoms with van der Waals surface area (Å²) in [5.74, 6) is 0.139. The van der Waals surface area contributed by atoms with Gasteiger partial charge in [0.25, 0.3) is 0 Å². The van der Waals surface area contributed by atoms with Gasteiger partial charge in [-0.15, -0.1) is 11.6 Å². The number of hydrogen-bond acceptors (Lipinski definition) is 2. The van der Waals surface area contributed by atoms with Gasteiger partial charge in [0.2, 0.25) is 0 Å². The van der Waals surface area contributed by atoms with Crippen LogP contribution in [0.5, 0.6) is 0 Å². The maximum atomic E-state index is 8.55. The van der Waals surface area contributed by atoms with Crippen molar-refractivity contribution in [2.24, 2.45) is 5.16 Å². The Hall–Kier alpha value is -0.730. The Morgan fingerprint density at radius 2 is 2.08 bits per heavy atom. The molecule has 0 fully saturated rings. The van der Waals surface area contributed by atoms with Gasteiger partial charge >= 0.3 is 0 Å². The molecule has 1 rings (SSSR count). The van der Waals surface area contributed by atoms with Gasteiger partial charge in [-0.2, -0.15) is 0 Å². The van der Waals surface area contributed by atoms with Gasteiger partial charge in [0.1, 0.15) is 5.71 Å². The molecule has 12 heavy (non-hydrogen) atoms. The Morgan fingerprint density at radius 1 is 1.42 bits per heavy atom. The van der Waals surface area contributed by atoms with E-state index in [-0.39, 0.29) is 5.88 Å². The molecular weight excluding hydrogens is 197 g/mol. The molecule has 0 heterocycles. The molecule has 0 aliphatic heterocycles. The van der Waals surface area contributed by atoms with Crippen LogP contribution in [0.2, 0.25) is 5.02 Å². The molecule has 0 saturated carbocycles. The standard InChI is InChI=1S/C8H7Cl2NO/c9-5-8(11-12)6-3-1-2-4-7(6)10/h1-4,12H,5H2/b11-8+. The molecule has 0 atom stereocenters. The molecule has 4 heteroatoms. The lowest BCUT2D eigenvalue weighted by atomic mass is 10.1. The Morgan fingerprint density at radius 3 is 2.58 bits per heavy atom. The van der Waals surface area contributed by atoms with Crippen LogP contribution in [0, 0.1) is 0 Å². The summed E-state index contributed by atoms with van der Waals surface area (Å²) in [5, 5.41) is 12.1. The molecule has 1 N–H and O–H groups in total.